The number of aromatic nitrogens is 1. The summed E-state index contributed by atoms with van der Waals surface area (Å²) in [7, 11) is -1.90. The summed E-state index contributed by atoms with van der Waals surface area (Å²) in [6, 6.07) is 6.73. The van der Waals surface area contributed by atoms with E-state index in [1.807, 2.05) is 0 Å². The summed E-state index contributed by atoms with van der Waals surface area (Å²) in [6.45, 7) is 6.21. The number of rotatable bonds is 6. The van der Waals surface area contributed by atoms with Gasteiger partial charge in [0.15, 0.2) is 5.13 Å². The minimum Gasteiger partial charge on any atom is -0.298 e. The first-order chi connectivity index (χ1) is 15.3. The van der Waals surface area contributed by atoms with Crippen LogP contribution in [0.25, 0.3) is 0 Å². The number of anilines is 1. The highest BCUT2D eigenvalue weighted by atomic mass is 35.5. The summed E-state index contributed by atoms with van der Waals surface area (Å²) in [5.74, 6) is -0.276. The fourth-order valence-electron chi connectivity index (χ4n) is 4.46. The number of benzene rings is 1. The lowest BCUT2D eigenvalue weighted by Gasteiger charge is -2.30. The summed E-state index contributed by atoms with van der Waals surface area (Å²) >= 11 is 1.52. The number of amides is 1. The maximum Gasteiger partial charge on any atom is 0.257 e. The van der Waals surface area contributed by atoms with Crippen LogP contribution in [-0.4, -0.2) is 54.2 Å². The molecule has 2 aromatic rings. The van der Waals surface area contributed by atoms with E-state index < -0.39 is 10.0 Å². The lowest BCUT2D eigenvalue weighted by molar-refractivity contribution is 0.102. The van der Waals surface area contributed by atoms with Gasteiger partial charge in [0.05, 0.1) is 10.6 Å². The van der Waals surface area contributed by atoms with Crippen LogP contribution >= 0.6 is 23.7 Å². The van der Waals surface area contributed by atoms with Crippen LogP contribution in [0.1, 0.15) is 66.9 Å². The van der Waals surface area contributed by atoms with E-state index in [0.29, 0.717) is 16.7 Å². The molecule has 0 saturated heterocycles. The predicted octanol–water partition coefficient (Wildman–Crippen LogP) is 4.54. The molecule has 182 valence electrons. The van der Waals surface area contributed by atoms with Crippen molar-refractivity contribution in [3.63, 3.8) is 0 Å². The van der Waals surface area contributed by atoms with Crippen molar-refractivity contribution in [3.05, 3.63) is 40.4 Å². The summed E-state index contributed by atoms with van der Waals surface area (Å²) in [5.41, 5.74) is 1.48. The average Bonchev–Trinajstić information content (AvgIpc) is 3.20. The first-order valence-corrected chi connectivity index (χ1v) is 13.6. The Morgan fingerprint density at radius 3 is 2.48 bits per heavy atom. The largest absolute Gasteiger partial charge is 0.298 e. The number of thiazole rings is 1. The molecule has 0 unspecified atom stereocenters. The number of hydrogen-bond donors (Lipinski definition) is 1. The van der Waals surface area contributed by atoms with Gasteiger partial charge in [-0.2, -0.15) is 4.31 Å². The number of carbonyl (C=O) groups is 1. The molecule has 0 bridgehead atoms. The molecule has 1 fully saturated rings. The third-order valence-electron chi connectivity index (χ3n) is 6.59. The van der Waals surface area contributed by atoms with E-state index in [1.165, 1.54) is 39.1 Å². The number of halogens is 1. The fraction of sp³-hybridized carbons (Fsp3) is 0.565. The Bertz CT molecular complexity index is 1060. The second-order valence-corrected chi connectivity index (χ2v) is 12.1. The van der Waals surface area contributed by atoms with Gasteiger partial charge >= 0.3 is 0 Å². The van der Waals surface area contributed by atoms with E-state index in [0.717, 1.165) is 50.9 Å². The van der Waals surface area contributed by atoms with Crippen molar-refractivity contribution in [1.82, 2.24) is 14.2 Å². The Morgan fingerprint density at radius 2 is 1.85 bits per heavy atom. The summed E-state index contributed by atoms with van der Waals surface area (Å²) < 4.78 is 27.5. The quantitative estimate of drug-likeness (QED) is 0.614. The summed E-state index contributed by atoms with van der Waals surface area (Å²) in [5, 5.41) is 3.48. The number of hydrogen-bond acceptors (Lipinski definition) is 6. The average molecular weight is 513 g/mol. The van der Waals surface area contributed by atoms with Gasteiger partial charge in [0.2, 0.25) is 10.0 Å². The third-order valence-corrected chi connectivity index (χ3v) is 9.52. The number of sulfonamides is 1. The lowest BCUT2D eigenvalue weighted by Crippen LogP contribution is -2.38. The number of fused-ring (bicyclic) bond motifs is 1. The van der Waals surface area contributed by atoms with Crippen molar-refractivity contribution in [2.24, 2.45) is 0 Å². The molecule has 1 aliphatic carbocycles. The molecule has 0 atom stereocenters. The maximum atomic E-state index is 13.0. The van der Waals surface area contributed by atoms with Crippen molar-refractivity contribution in [2.45, 2.75) is 75.9 Å². The molecule has 0 radical (unpaired) electrons. The Kier molecular flexibility index (Phi) is 8.55. The Hall–Kier alpha value is -1.52. The first kappa shape index (κ1) is 26.1. The van der Waals surface area contributed by atoms with Crippen molar-refractivity contribution >= 4 is 44.8 Å². The molecule has 7 nitrogen and oxygen atoms in total. The Labute approximate surface area is 207 Å². The molecular formula is C23H33ClN4O3S2. The molecule has 1 aromatic heterocycles. The zero-order valence-corrected chi connectivity index (χ0v) is 21.9. The van der Waals surface area contributed by atoms with Gasteiger partial charge in [-0.3, -0.25) is 15.0 Å². The molecule has 1 aliphatic heterocycles. The smallest absolute Gasteiger partial charge is 0.257 e. The molecular weight excluding hydrogens is 480 g/mol. The van der Waals surface area contributed by atoms with Crippen molar-refractivity contribution in [1.29, 1.82) is 0 Å². The SMILES string of the molecule is CC(C)N1CCc2nc(NC(=O)c3ccc(S(=O)(=O)N(C)C4CCCCC4)cc3)sc2C1.Cl. The minimum atomic E-state index is -3.57. The molecule has 0 spiro atoms. The molecule has 1 aromatic carbocycles. The minimum absolute atomic E-state index is 0. The topological polar surface area (TPSA) is 82.6 Å². The van der Waals surface area contributed by atoms with E-state index in [9.17, 15) is 13.2 Å². The number of nitrogens with one attached hydrogen (secondary N) is 1. The van der Waals surface area contributed by atoms with Crippen LogP contribution in [0.4, 0.5) is 5.13 Å². The van der Waals surface area contributed by atoms with E-state index in [2.05, 4.69) is 29.0 Å². The van der Waals surface area contributed by atoms with Crippen molar-refractivity contribution < 1.29 is 13.2 Å². The fourth-order valence-corrected chi connectivity index (χ4v) is 6.91. The van der Waals surface area contributed by atoms with E-state index in [4.69, 9.17) is 0 Å². The van der Waals surface area contributed by atoms with Gasteiger partial charge in [-0.1, -0.05) is 19.3 Å². The van der Waals surface area contributed by atoms with Crippen LogP contribution in [0, 0.1) is 0 Å². The normalized spacial score (nSPS) is 17.6. The Morgan fingerprint density at radius 1 is 1.18 bits per heavy atom. The van der Waals surface area contributed by atoms with E-state index >= 15 is 0 Å². The van der Waals surface area contributed by atoms with Gasteiger partial charge in [-0.05, 0) is 51.0 Å². The highest BCUT2D eigenvalue weighted by Crippen LogP contribution is 2.30. The maximum absolute atomic E-state index is 13.0. The molecule has 10 heteroatoms. The Balaban J connectivity index is 0.00000306. The zero-order chi connectivity index (χ0) is 22.9. The molecule has 33 heavy (non-hydrogen) atoms. The van der Waals surface area contributed by atoms with Crippen LogP contribution < -0.4 is 5.32 Å². The van der Waals surface area contributed by atoms with Gasteiger partial charge in [-0.25, -0.2) is 13.4 Å². The highest BCUT2D eigenvalue weighted by molar-refractivity contribution is 7.89. The van der Waals surface area contributed by atoms with Gasteiger partial charge in [-0.15, -0.1) is 23.7 Å². The van der Waals surface area contributed by atoms with Gasteiger partial charge in [0, 0.05) is 49.1 Å². The third kappa shape index (κ3) is 5.77. The summed E-state index contributed by atoms with van der Waals surface area (Å²) in [6.07, 6.45) is 6.01. The predicted molar refractivity (Wildman–Crippen MR) is 135 cm³/mol. The van der Waals surface area contributed by atoms with Crippen LogP contribution in [0.5, 0.6) is 0 Å². The van der Waals surface area contributed by atoms with E-state index in [-0.39, 0.29) is 29.3 Å². The molecule has 4 rings (SSSR count). The van der Waals surface area contributed by atoms with Gasteiger partial charge in [0.25, 0.3) is 5.91 Å². The second-order valence-electron chi connectivity index (χ2n) is 8.99. The van der Waals surface area contributed by atoms with Gasteiger partial charge < -0.3 is 0 Å². The molecule has 1 amide bonds. The van der Waals surface area contributed by atoms with Gasteiger partial charge in [0.1, 0.15) is 0 Å². The standard InChI is InChI=1S/C23H32N4O3S2.ClH/c1-16(2)27-14-13-20-21(15-27)31-23(24-20)25-22(28)17-9-11-19(12-10-17)32(29,30)26(3)18-7-5-4-6-8-18;/h9-12,16,18H,4-8,13-15H2,1-3H3,(H,24,25,28);1H. The number of nitrogens with zero attached hydrogens (tertiary/aromatic N) is 3. The number of carbonyl (C=O) groups excluding carboxylic acids is 1. The molecule has 2 heterocycles. The van der Waals surface area contributed by atoms with Crippen LogP contribution in [0.3, 0.4) is 0 Å². The first-order valence-electron chi connectivity index (χ1n) is 11.4. The van der Waals surface area contributed by atoms with E-state index in [1.54, 1.807) is 19.2 Å². The van der Waals surface area contributed by atoms with Crippen molar-refractivity contribution in [3.8, 4) is 0 Å². The second kappa shape index (κ2) is 10.8. The zero-order valence-electron chi connectivity index (χ0n) is 19.4. The molecule has 2 aliphatic rings. The van der Waals surface area contributed by atoms with Crippen LogP contribution in [0.2, 0.25) is 0 Å². The lowest BCUT2D eigenvalue weighted by atomic mass is 9.96. The molecule has 1 saturated carbocycles. The van der Waals surface area contributed by atoms with Crippen LogP contribution in [0.15, 0.2) is 29.2 Å². The van der Waals surface area contributed by atoms with Crippen molar-refractivity contribution in [2.75, 3.05) is 18.9 Å². The summed E-state index contributed by atoms with van der Waals surface area (Å²) in [4.78, 5) is 21.1. The highest BCUT2D eigenvalue weighted by Gasteiger charge is 2.29. The van der Waals surface area contributed by atoms with Crippen LogP contribution in [-0.2, 0) is 23.0 Å². The monoisotopic (exact) mass is 512 g/mol. The molecule has 1 N–H and O–H groups in total.